The van der Waals surface area contributed by atoms with Gasteiger partial charge in [-0.2, -0.15) is 5.10 Å². The third-order valence-electron chi connectivity index (χ3n) is 4.44. The average Bonchev–Trinajstić information content (AvgIpc) is 3.40. The fraction of sp³-hybridized carbons (Fsp3) is 0.421. The van der Waals surface area contributed by atoms with Crippen molar-refractivity contribution in [2.45, 2.75) is 38.6 Å². The molecular weight excluding hydrogens is 330 g/mol. The maximum Gasteiger partial charge on any atom is 0.244 e. The Kier molecular flexibility index (Phi) is 5.37. The first-order valence-electron chi connectivity index (χ1n) is 8.94. The summed E-state index contributed by atoms with van der Waals surface area (Å²) >= 11 is 0. The fourth-order valence-electron chi connectivity index (χ4n) is 2.61. The number of carbonyl (C=O) groups is 2. The first-order chi connectivity index (χ1) is 12.5. The van der Waals surface area contributed by atoms with E-state index in [1.807, 2.05) is 50.2 Å². The van der Waals surface area contributed by atoms with Crippen LogP contribution in [0.15, 0.2) is 36.4 Å². The van der Waals surface area contributed by atoms with Gasteiger partial charge in [0.2, 0.25) is 11.8 Å². The van der Waals surface area contributed by atoms with Gasteiger partial charge in [-0.15, -0.1) is 0 Å². The lowest BCUT2D eigenvalue weighted by molar-refractivity contribution is -0.125. The van der Waals surface area contributed by atoms with Gasteiger partial charge in [0.25, 0.3) is 0 Å². The van der Waals surface area contributed by atoms with Crippen LogP contribution in [0.4, 0.5) is 5.82 Å². The van der Waals surface area contributed by atoms with Crippen molar-refractivity contribution in [1.82, 2.24) is 15.1 Å². The number of hydrogen-bond acceptors (Lipinski definition) is 4. The van der Waals surface area contributed by atoms with Crippen LogP contribution in [-0.4, -0.2) is 34.2 Å². The lowest BCUT2D eigenvalue weighted by atomic mass is 10.1. The number of nitrogens with zero attached hydrogens (tertiary/aromatic N) is 2. The Morgan fingerprint density at radius 3 is 2.58 bits per heavy atom. The van der Waals surface area contributed by atoms with Crippen molar-refractivity contribution in [3.8, 4) is 5.69 Å². The smallest absolute Gasteiger partial charge is 0.244 e. The van der Waals surface area contributed by atoms with Crippen molar-refractivity contribution >= 4 is 17.6 Å². The van der Waals surface area contributed by atoms with E-state index in [4.69, 9.17) is 5.73 Å². The van der Waals surface area contributed by atoms with Crippen molar-refractivity contribution in [3.05, 3.63) is 42.1 Å². The van der Waals surface area contributed by atoms with Crippen molar-refractivity contribution < 1.29 is 9.59 Å². The molecule has 1 atom stereocenters. The van der Waals surface area contributed by atoms with Gasteiger partial charge in [0.1, 0.15) is 5.82 Å². The largest absolute Gasteiger partial charge is 0.346 e. The van der Waals surface area contributed by atoms with Crippen molar-refractivity contribution in [2.24, 2.45) is 11.7 Å². The Balaban J connectivity index is 1.69. The number of rotatable bonds is 7. The Morgan fingerprint density at radius 2 is 1.96 bits per heavy atom. The van der Waals surface area contributed by atoms with Crippen molar-refractivity contribution in [3.63, 3.8) is 0 Å². The van der Waals surface area contributed by atoms with Gasteiger partial charge in [0.05, 0.1) is 24.0 Å². The van der Waals surface area contributed by atoms with Gasteiger partial charge >= 0.3 is 0 Å². The van der Waals surface area contributed by atoms with Crippen LogP contribution >= 0.6 is 0 Å². The van der Waals surface area contributed by atoms with Gasteiger partial charge in [-0.3, -0.25) is 9.59 Å². The summed E-state index contributed by atoms with van der Waals surface area (Å²) in [6.07, 6.45) is 2.25. The quantitative estimate of drug-likeness (QED) is 0.704. The molecule has 0 spiro atoms. The van der Waals surface area contributed by atoms with E-state index in [0.717, 1.165) is 24.2 Å². The van der Waals surface area contributed by atoms with Crippen LogP contribution in [0.2, 0.25) is 0 Å². The summed E-state index contributed by atoms with van der Waals surface area (Å²) < 4.78 is 1.73. The van der Waals surface area contributed by atoms with Crippen LogP contribution in [0.25, 0.3) is 5.69 Å². The molecule has 0 bridgehead atoms. The average molecular weight is 355 g/mol. The summed E-state index contributed by atoms with van der Waals surface area (Å²) in [6, 6.07) is 10.9. The minimum Gasteiger partial charge on any atom is -0.346 e. The van der Waals surface area contributed by atoms with E-state index in [-0.39, 0.29) is 24.3 Å². The molecule has 1 aromatic heterocycles. The van der Waals surface area contributed by atoms with Crippen molar-refractivity contribution in [1.29, 1.82) is 0 Å². The van der Waals surface area contributed by atoms with E-state index in [1.54, 1.807) is 4.68 Å². The highest BCUT2D eigenvalue weighted by atomic mass is 16.2. The summed E-state index contributed by atoms with van der Waals surface area (Å²) in [6.45, 7) is 3.60. The third kappa shape index (κ3) is 4.29. The number of hydrogen-bond donors (Lipinski definition) is 3. The van der Waals surface area contributed by atoms with Crippen LogP contribution < -0.4 is 16.4 Å². The minimum absolute atomic E-state index is 0.0127. The Morgan fingerprint density at radius 1 is 1.27 bits per heavy atom. The number of aromatic nitrogens is 2. The molecule has 138 valence electrons. The van der Waals surface area contributed by atoms with Crippen LogP contribution in [0.1, 0.15) is 38.3 Å². The SMILES string of the molecule is CC(C)[C@H](N)C(=O)NCC(=O)Nc1cc(C2CC2)nn1-c1ccccc1. The molecular formula is C19H25N5O2. The monoisotopic (exact) mass is 355 g/mol. The van der Waals surface area contributed by atoms with E-state index in [1.165, 1.54) is 0 Å². The minimum atomic E-state index is -0.626. The summed E-state index contributed by atoms with van der Waals surface area (Å²) in [7, 11) is 0. The second-order valence-electron chi connectivity index (χ2n) is 7.01. The zero-order valence-electron chi connectivity index (χ0n) is 15.1. The first kappa shape index (κ1) is 18.1. The first-order valence-corrected chi connectivity index (χ1v) is 8.94. The topological polar surface area (TPSA) is 102 Å². The number of carbonyl (C=O) groups excluding carboxylic acids is 2. The molecule has 1 aliphatic carbocycles. The highest BCUT2D eigenvalue weighted by Crippen LogP contribution is 2.40. The number of nitrogens with one attached hydrogen (secondary N) is 2. The molecule has 1 aliphatic rings. The van der Waals surface area contributed by atoms with Gasteiger partial charge in [-0.05, 0) is 30.9 Å². The van der Waals surface area contributed by atoms with Crippen LogP contribution in [0.5, 0.6) is 0 Å². The third-order valence-corrected chi connectivity index (χ3v) is 4.44. The fourth-order valence-corrected chi connectivity index (χ4v) is 2.61. The standard InChI is InChI=1S/C19H25N5O2/c1-12(2)18(20)19(26)21-11-17(25)22-16-10-15(13-8-9-13)23-24(16)14-6-4-3-5-7-14/h3-7,10,12-13,18H,8-9,11,20H2,1-2H3,(H,21,26)(H,22,25)/t18-/m0/s1. The van der Waals surface area contributed by atoms with E-state index in [9.17, 15) is 9.59 Å². The lowest BCUT2D eigenvalue weighted by Gasteiger charge is -2.15. The van der Waals surface area contributed by atoms with Gasteiger partial charge in [-0.1, -0.05) is 32.0 Å². The number of para-hydroxylation sites is 1. The summed E-state index contributed by atoms with van der Waals surface area (Å²) in [5.41, 5.74) is 7.64. The molecule has 0 radical (unpaired) electrons. The van der Waals surface area contributed by atoms with E-state index >= 15 is 0 Å². The molecule has 2 amide bonds. The summed E-state index contributed by atoms with van der Waals surface area (Å²) in [5, 5.41) is 10.1. The van der Waals surface area contributed by atoms with Crippen molar-refractivity contribution in [2.75, 3.05) is 11.9 Å². The molecule has 7 nitrogen and oxygen atoms in total. The molecule has 2 aromatic rings. The second kappa shape index (κ2) is 7.70. The number of amides is 2. The Hall–Kier alpha value is -2.67. The Labute approximate surface area is 153 Å². The van der Waals surface area contributed by atoms with E-state index < -0.39 is 6.04 Å². The predicted octanol–water partition coefficient (Wildman–Crippen LogP) is 1.79. The normalized spacial score (nSPS) is 14.9. The number of nitrogens with two attached hydrogens (primary N) is 1. The Bertz CT molecular complexity index is 780. The van der Waals surface area contributed by atoms with E-state index in [0.29, 0.717) is 11.7 Å². The molecule has 3 rings (SSSR count). The van der Waals surface area contributed by atoms with E-state index in [2.05, 4.69) is 15.7 Å². The number of anilines is 1. The van der Waals surface area contributed by atoms with Crippen LogP contribution in [-0.2, 0) is 9.59 Å². The van der Waals surface area contributed by atoms with Gasteiger partial charge in [0.15, 0.2) is 0 Å². The summed E-state index contributed by atoms with van der Waals surface area (Å²) in [4.78, 5) is 24.2. The molecule has 1 saturated carbocycles. The molecule has 1 heterocycles. The van der Waals surface area contributed by atoms with Crippen LogP contribution in [0.3, 0.4) is 0 Å². The lowest BCUT2D eigenvalue weighted by Crippen LogP contribution is -2.46. The van der Waals surface area contributed by atoms with Crippen LogP contribution in [0, 0.1) is 5.92 Å². The molecule has 0 unspecified atom stereocenters. The van der Waals surface area contributed by atoms with Gasteiger partial charge in [-0.25, -0.2) is 4.68 Å². The maximum atomic E-state index is 12.3. The molecule has 7 heteroatoms. The van der Waals surface area contributed by atoms with Gasteiger partial charge in [0, 0.05) is 12.0 Å². The molecule has 0 saturated heterocycles. The predicted molar refractivity (Wildman–Crippen MR) is 100.0 cm³/mol. The second-order valence-corrected chi connectivity index (χ2v) is 7.01. The molecule has 0 aliphatic heterocycles. The molecule has 4 N–H and O–H groups in total. The van der Waals surface area contributed by atoms with Gasteiger partial charge < -0.3 is 16.4 Å². The molecule has 26 heavy (non-hydrogen) atoms. The molecule has 1 fully saturated rings. The molecule has 1 aromatic carbocycles. The highest BCUT2D eigenvalue weighted by Gasteiger charge is 2.28. The zero-order chi connectivity index (χ0) is 18.7. The zero-order valence-corrected chi connectivity index (χ0v) is 15.1. The maximum absolute atomic E-state index is 12.3. The number of benzene rings is 1. The highest BCUT2D eigenvalue weighted by molar-refractivity contribution is 5.95. The summed E-state index contributed by atoms with van der Waals surface area (Å²) in [5.74, 6) is 0.447.